The average molecular weight is 362 g/mol. The predicted molar refractivity (Wildman–Crippen MR) is 108 cm³/mol. The van der Waals surface area contributed by atoms with Crippen molar-refractivity contribution in [2.45, 2.75) is 31.7 Å². The molecule has 0 spiro atoms. The average Bonchev–Trinajstić information content (AvgIpc) is 2.74. The summed E-state index contributed by atoms with van der Waals surface area (Å²) in [7, 11) is 1.71. The second-order valence-electron chi connectivity index (χ2n) is 6.57. The number of rotatable bonds is 9. The van der Waals surface area contributed by atoms with Crippen LogP contribution in [0.15, 0.2) is 84.9 Å². The van der Waals surface area contributed by atoms with E-state index in [0.29, 0.717) is 13.0 Å². The number of methoxy groups -OCH3 is 1. The molecule has 0 aliphatic heterocycles. The van der Waals surface area contributed by atoms with Crippen molar-refractivity contribution in [2.24, 2.45) is 0 Å². The van der Waals surface area contributed by atoms with Crippen LogP contribution in [0.5, 0.6) is 5.75 Å². The lowest BCUT2D eigenvalue weighted by molar-refractivity contribution is 0.0728. The lowest BCUT2D eigenvalue weighted by Gasteiger charge is -2.18. The monoisotopic (exact) mass is 362 g/mol. The van der Waals surface area contributed by atoms with E-state index in [-0.39, 0.29) is 6.10 Å². The van der Waals surface area contributed by atoms with E-state index in [4.69, 9.17) is 9.47 Å². The third kappa shape index (κ3) is 5.68. The smallest absolute Gasteiger partial charge is 0.119 e. The molecule has 0 bridgehead atoms. The summed E-state index contributed by atoms with van der Waals surface area (Å²) in [4.78, 5) is 0. The molecule has 3 rings (SSSR count). The van der Waals surface area contributed by atoms with Crippen molar-refractivity contribution < 1.29 is 14.6 Å². The maximum absolute atomic E-state index is 10.5. The Morgan fingerprint density at radius 2 is 1.37 bits per heavy atom. The van der Waals surface area contributed by atoms with Crippen molar-refractivity contribution in [3.63, 3.8) is 0 Å². The van der Waals surface area contributed by atoms with E-state index in [9.17, 15) is 5.11 Å². The first-order chi connectivity index (χ1) is 13.3. The third-order valence-corrected chi connectivity index (χ3v) is 4.67. The van der Waals surface area contributed by atoms with Crippen LogP contribution in [0.3, 0.4) is 0 Å². The standard InChI is InChI=1S/C24H26O3/c1-26-24(21-10-6-3-7-11-21)17-16-23(25)20-12-14-22(15-13-20)27-18-19-8-4-2-5-9-19/h2-15,23-25H,16-18H2,1H3. The van der Waals surface area contributed by atoms with Crippen molar-refractivity contribution in [1.29, 1.82) is 0 Å². The Kier molecular flexibility index (Phi) is 7.03. The molecule has 0 saturated heterocycles. The molecule has 0 aliphatic carbocycles. The summed E-state index contributed by atoms with van der Waals surface area (Å²) in [5, 5.41) is 10.5. The Labute approximate surface area is 161 Å². The maximum Gasteiger partial charge on any atom is 0.119 e. The van der Waals surface area contributed by atoms with Crippen molar-refractivity contribution in [2.75, 3.05) is 7.11 Å². The van der Waals surface area contributed by atoms with Crippen LogP contribution in [0.1, 0.15) is 41.7 Å². The van der Waals surface area contributed by atoms with Crippen molar-refractivity contribution in [3.8, 4) is 5.75 Å². The van der Waals surface area contributed by atoms with Crippen LogP contribution in [0, 0.1) is 0 Å². The highest BCUT2D eigenvalue weighted by Gasteiger charge is 2.14. The second kappa shape index (κ2) is 9.91. The number of hydrogen-bond acceptors (Lipinski definition) is 3. The van der Waals surface area contributed by atoms with Crippen LogP contribution in [0.2, 0.25) is 0 Å². The highest BCUT2D eigenvalue weighted by atomic mass is 16.5. The minimum absolute atomic E-state index is 0.00525. The van der Waals surface area contributed by atoms with Gasteiger partial charge in [-0.3, -0.25) is 0 Å². The first kappa shape index (κ1) is 19.2. The van der Waals surface area contributed by atoms with E-state index >= 15 is 0 Å². The summed E-state index contributed by atoms with van der Waals surface area (Å²) < 4.78 is 11.4. The molecule has 0 aromatic heterocycles. The molecule has 0 radical (unpaired) electrons. The van der Waals surface area contributed by atoms with Gasteiger partial charge in [-0.2, -0.15) is 0 Å². The quantitative estimate of drug-likeness (QED) is 0.549. The van der Waals surface area contributed by atoms with Gasteiger partial charge < -0.3 is 14.6 Å². The van der Waals surface area contributed by atoms with Gasteiger partial charge in [-0.25, -0.2) is 0 Å². The molecule has 3 aromatic carbocycles. The Morgan fingerprint density at radius 1 is 0.741 bits per heavy atom. The molecule has 2 unspecified atom stereocenters. The van der Waals surface area contributed by atoms with E-state index in [1.54, 1.807) is 7.11 Å². The molecular weight excluding hydrogens is 336 g/mol. The molecule has 0 fully saturated rings. The molecule has 0 saturated carbocycles. The van der Waals surface area contributed by atoms with Gasteiger partial charge in [0.15, 0.2) is 0 Å². The first-order valence-electron chi connectivity index (χ1n) is 9.29. The SMILES string of the molecule is COC(CCC(O)c1ccc(OCc2ccccc2)cc1)c1ccccc1. The Hall–Kier alpha value is -2.62. The van der Waals surface area contributed by atoms with E-state index in [1.807, 2.05) is 72.8 Å². The summed E-state index contributed by atoms with van der Waals surface area (Å²) in [5.74, 6) is 0.800. The van der Waals surface area contributed by atoms with Gasteiger partial charge in [-0.1, -0.05) is 72.8 Å². The Morgan fingerprint density at radius 3 is 2.00 bits per heavy atom. The molecule has 3 heteroatoms. The summed E-state index contributed by atoms with van der Waals surface area (Å²) in [5.41, 5.74) is 3.16. The second-order valence-corrected chi connectivity index (χ2v) is 6.57. The number of hydrogen-bond donors (Lipinski definition) is 1. The van der Waals surface area contributed by atoms with Crippen molar-refractivity contribution >= 4 is 0 Å². The van der Waals surface area contributed by atoms with Gasteiger partial charge in [0.2, 0.25) is 0 Å². The van der Waals surface area contributed by atoms with Crippen LogP contribution < -0.4 is 4.74 Å². The van der Waals surface area contributed by atoms with Gasteiger partial charge in [0.1, 0.15) is 12.4 Å². The number of aliphatic hydroxyl groups is 1. The highest BCUT2D eigenvalue weighted by molar-refractivity contribution is 5.29. The molecule has 27 heavy (non-hydrogen) atoms. The van der Waals surface area contributed by atoms with Gasteiger partial charge >= 0.3 is 0 Å². The highest BCUT2D eigenvalue weighted by Crippen LogP contribution is 2.28. The lowest BCUT2D eigenvalue weighted by Crippen LogP contribution is -2.05. The molecule has 3 nitrogen and oxygen atoms in total. The molecule has 140 valence electrons. The fourth-order valence-corrected chi connectivity index (χ4v) is 3.09. The first-order valence-corrected chi connectivity index (χ1v) is 9.29. The van der Waals surface area contributed by atoms with Gasteiger partial charge in [0.25, 0.3) is 0 Å². The van der Waals surface area contributed by atoms with Crippen LogP contribution in [-0.4, -0.2) is 12.2 Å². The van der Waals surface area contributed by atoms with Crippen LogP contribution in [-0.2, 0) is 11.3 Å². The summed E-state index contributed by atoms with van der Waals surface area (Å²) >= 11 is 0. The zero-order valence-corrected chi connectivity index (χ0v) is 15.6. The third-order valence-electron chi connectivity index (χ3n) is 4.67. The van der Waals surface area contributed by atoms with E-state index in [1.165, 1.54) is 0 Å². The topological polar surface area (TPSA) is 38.7 Å². The zero-order chi connectivity index (χ0) is 18.9. The maximum atomic E-state index is 10.5. The largest absolute Gasteiger partial charge is 0.489 e. The summed E-state index contributed by atoms with van der Waals surface area (Å²) in [6.07, 6.45) is 0.870. The molecule has 2 atom stereocenters. The summed E-state index contributed by atoms with van der Waals surface area (Å²) in [6.45, 7) is 0.537. The van der Waals surface area contributed by atoms with E-state index in [2.05, 4.69) is 12.1 Å². The fraction of sp³-hybridized carbons (Fsp3) is 0.250. The zero-order valence-electron chi connectivity index (χ0n) is 15.6. The van der Waals surface area contributed by atoms with Crippen molar-refractivity contribution in [3.05, 3.63) is 102 Å². The van der Waals surface area contributed by atoms with Gasteiger partial charge in [-0.05, 0) is 41.7 Å². The predicted octanol–water partition coefficient (Wildman–Crippen LogP) is 5.47. The Balaban J connectivity index is 1.51. The fourth-order valence-electron chi connectivity index (χ4n) is 3.09. The van der Waals surface area contributed by atoms with E-state index < -0.39 is 6.10 Å². The number of aliphatic hydroxyl groups excluding tert-OH is 1. The number of benzene rings is 3. The number of ether oxygens (including phenoxy) is 2. The molecule has 0 aliphatic rings. The minimum atomic E-state index is -0.519. The molecule has 3 aromatic rings. The van der Waals surface area contributed by atoms with Crippen LogP contribution in [0.25, 0.3) is 0 Å². The molecule has 1 N–H and O–H groups in total. The van der Waals surface area contributed by atoms with Gasteiger partial charge in [0, 0.05) is 7.11 Å². The van der Waals surface area contributed by atoms with Crippen LogP contribution >= 0.6 is 0 Å². The minimum Gasteiger partial charge on any atom is -0.489 e. The molecule has 0 heterocycles. The van der Waals surface area contributed by atoms with Gasteiger partial charge in [-0.15, -0.1) is 0 Å². The summed E-state index contributed by atoms with van der Waals surface area (Å²) in [6, 6.07) is 27.9. The lowest BCUT2D eigenvalue weighted by atomic mass is 9.99. The van der Waals surface area contributed by atoms with E-state index in [0.717, 1.165) is 28.9 Å². The normalized spacial score (nSPS) is 13.1. The Bertz CT molecular complexity index is 785. The van der Waals surface area contributed by atoms with Crippen molar-refractivity contribution in [1.82, 2.24) is 0 Å². The van der Waals surface area contributed by atoms with Crippen LogP contribution in [0.4, 0.5) is 0 Å². The molecular formula is C24H26O3. The molecule has 0 amide bonds. The van der Waals surface area contributed by atoms with Gasteiger partial charge in [0.05, 0.1) is 12.2 Å².